The fraction of sp³-hybridized carbons (Fsp3) is 0.533. The molecule has 1 fully saturated rings. The molecule has 0 aliphatic carbocycles. The van der Waals surface area contributed by atoms with Crippen molar-refractivity contribution in [3.8, 4) is 5.75 Å². The summed E-state index contributed by atoms with van der Waals surface area (Å²) < 4.78 is 33.7. The van der Waals surface area contributed by atoms with Gasteiger partial charge in [-0.2, -0.15) is 8.78 Å². The summed E-state index contributed by atoms with van der Waals surface area (Å²) in [4.78, 5) is 13.9. The van der Waals surface area contributed by atoms with Gasteiger partial charge in [0.15, 0.2) is 0 Å². The van der Waals surface area contributed by atoms with Crippen LogP contribution in [0.1, 0.15) is 18.4 Å². The van der Waals surface area contributed by atoms with Gasteiger partial charge in [0.25, 0.3) is 0 Å². The van der Waals surface area contributed by atoms with Gasteiger partial charge >= 0.3 is 6.61 Å². The fourth-order valence-electron chi connectivity index (χ4n) is 2.38. The highest BCUT2D eigenvalue weighted by Gasteiger charge is 2.24. The number of ether oxygens (including phenoxy) is 2. The summed E-state index contributed by atoms with van der Waals surface area (Å²) in [5.41, 5.74) is 0.875. The molecule has 1 aliphatic heterocycles. The molecule has 0 N–H and O–H groups in total. The van der Waals surface area contributed by atoms with Gasteiger partial charge in [0.1, 0.15) is 5.75 Å². The van der Waals surface area contributed by atoms with Crippen LogP contribution in [-0.2, 0) is 16.1 Å². The Labute approximate surface area is 122 Å². The van der Waals surface area contributed by atoms with E-state index in [1.165, 1.54) is 12.1 Å². The third-order valence-electron chi connectivity index (χ3n) is 3.52. The zero-order chi connectivity index (χ0) is 15.2. The molecule has 0 saturated carbocycles. The second-order valence-electron chi connectivity index (χ2n) is 5.10. The second kappa shape index (κ2) is 7.36. The van der Waals surface area contributed by atoms with Gasteiger partial charge in [-0.05, 0) is 30.5 Å². The first kappa shape index (κ1) is 15.7. The third-order valence-corrected chi connectivity index (χ3v) is 3.52. The Kier molecular flexibility index (Phi) is 5.50. The summed E-state index contributed by atoms with van der Waals surface area (Å²) in [6.07, 6.45) is 1.51. The number of hydrogen-bond acceptors (Lipinski definition) is 3. The maximum atomic E-state index is 12.3. The van der Waals surface area contributed by atoms with Crippen LogP contribution in [0.15, 0.2) is 24.3 Å². The van der Waals surface area contributed by atoms with Crippen molar-refractivity contribution in [3.63, 3.8) is 0 Å². The van der Waals surface area contributed by atoms with Crippen LogP contribution in [0.2, 0.25) is 0 Å². The van der Waals surface area contributed by atoms with Gasteiger partial charge in [-0.25, -0.2) is 0 Å². The molecule has 0 unspecified atom stereocenters. The van der Waals surface area contributed by atoms with E-state index in [1.54, 1.807) is 24.1 Å². The molecule has 1 heterocycles. The van der Waals surface area contributed by atoms with Crippen LogP contribution in [0.4, 0.5) is 8.78 Å². The molecule has 1 aliphatic rings. The van der Waals surface area contributed by atoms with E-state index in [0.29, 0.717) is 19.8 Å². The molecular weight excluding hydrogens is 280 g/mol. The molecule has 0 spiro atoms. The number of carbonyl (C=O) groups is 1. The topological polar surface area (TPSA) is 38.8 Å². The number of rotatable bonds is 5. The Morgan fingerprint density at radius 3 is 2.52 bits per heavy atom. The van der Waals surface area contributed by atoms with Crippen LogP contribution < -0.4 is 4.74 Å². The third kappa shape index (κ3) is 4.67. The van der Waals surface area contributed by atoms with Crippen molar-refractivity contribution in [2.24, 2.45) is 5.92 Å². The number of carbonyl (C=O) groups excluding carboxylic acids is 1. The largest absolute Gasteiger partial charge is 0.435 e. The molecule has 0 bridgehead atoms. The molecular formula is C15H19F2NO3. The molecule has 1 saturated heterocycles. The van der Waals surface area contributed by atoms with E-state index in [-0.39, 0.29) is 17.6 Å². The molecule has 1 amide bonds. The molecule has 0 aromatic heterocycles. The van der Waals surface area contributed by atoms with Crippen molar-refractivity contribution in [2.75, 3.05) is 20.3 Å². The van der Waals surface area contributed by atoms with E-state index in [2.05, 4.69) is 4.74 Å². The molecule has 1 aromatic rings. The highest BCUT2D eigenvalue weighted by Crippen LogP contribution is 2.19. The zero-order valence-electron chi connectivity index (χ0n) is 11.9. The SMILES string of the molecule is CN(Cc1ccc(OC(F)F)cc1)C(=O)C1CCOCC1. The number of benzene rings is 1. The maximum Gasteiger partial charge on any atom is 0.387 e. The van der Waals surface area contributed by atoms with Crippen molar-refractivity contribution >= 4 is 5.91 Å². The van der Waals surface area contributed by atoms with E-state index >= 15 is 0 Å². The zero-order valence-corrected chi connectivity index (χ0v) is 11.9. The molecule has 0 atom stereocenters. The minimum Gasteiger partial charge on any atom is -0.435 e. The standard InChI is InChI=1S/C15H19F2NO3/c1-18(14(19)12-6-8-20-9-7-12)10-11-2-4-13(5-3-11)21-15(16)17/h2-5,12,15H,6-10H2,1H3. The first-order valence-corrected chi connectivity index (χ1v) is 6.92. The lowest BCUT2D eigenvalue weighted by Crippen LogP contribution is -2.35. The summed E-state index contributed by atoms with van der Waals surface area (Å²) in [7, 11) is 1.75. The number of hydrogen-bond donors (Lipinski definition) is 0. The van der Waals surface area contributed by atoms with Gasteiger partial charge in [-0.15, -0.1) is 0 Å². The highest BCUT2D eigenvalue weighted by molar-refractivity contribution is 5.78. The highest BCUT2D eigenvalue weighted by atomic mass is 19.3. The molecule has 6 heteroatoms. The van der Waals surface area contributed by atoms with Crippen LogP contribution in [0.25, 0.3) is 0 Å². The second-order valence-corrected chi connectivity index (χ2v) is 5.10. The number of halogens is 2. The minimum absolute atomic E-state index is 0.0187. The Morgan fingerprint density at radius 2 is 1.95 bits per heavy atom. The molecule has 2 rings (SSSR count). The van der Waals surface area contributed by atoms with Crippen LogP contribution >= 0.6 is 0 Å². The summed E-state index contributed by atoms with van der Waals surface area (Å²) >= 11 is 0. The first-order chi connectivity index (χ1) is 10.1. The van der Waals surface area contributed by atoms with Crippen molar-refractivity contribution in [1.29, 1.82) is 0 Å². The lowest BCUT2D eigenvalue weighted by atomic mass is 9.98. The Bertz CT molecular complexity index is 458. The molecule has 4 nitrogen and oxygen atoms in total. The molecule has 1 aromatic carbocycles. The maximum absolute atomic E-state index is 12.3. The van der Waals surface area contributed by atoms with Crippen molar-refractivity contribution in [3.05, 3.63) is 29.8 Å². The number of amides is 1. The number of alkyl halides is 2. The predicted octanol–water partition coefficient (Wildman–Crippen LogP) is 2.67. The summed E-state index contributed by atoms with van der Waals surface area (Å²) in [6.45, 7) is -1.12. The van der Waals surface area contributed by atoms with Crippen molar-refractivity contribution in [2.45, 2.75) is 26.0 Å². The smallest absolute Gasteiger partial charge is 0.387 e. The number of nitrogens with zero attached hydrogens (tertiary/aromatic N) is 1. The van der Waals surface area contributed by atoms with Gasteiger partial charge in [-0.1, -0.05) is 12.1 Å². The Morgan fingerprint density at radius 1 is 1.33 bits per heavy atom. The average molecular weight is 299 g/mol. The van der Waals surface area contributed by atoms with Crippen LogP contribution in [0.5, 0.6) is 5.75 Å². The van der Waals surface area contributed by atoms with Gasteiger partial charge in [0.05, 0.1) is 0 Å². The first-order valence-electron chi connectivity index (χ1n) is 6.92. The lowest BCUT2D eigenvalue weighted by Gasteiger charge is -2.26. The van der Waals surface area contributed by atoms with E-state index < -0.39 is 6.61 Å². The molecule has 0 radical (unpaired) electrons. The normalized spacial score (nSPS) is 16.0. The Balaban J connectivity index is 1.89. The van der Waals surface area contributed by atoms with Crippen molar-refractivity contribution in [1.82, 2.24) is 4.90 Å². The summed E-state index contributed by atoms with van der Waals surface area (Å²) in [6, 6.07) is 6.33. The van der Waals surface area contributed by atoms with Crippen LogP contribution in [0, 0.1) is 5.92 Å². The van der Waals surface area contributed by atoms with E-state index in [4.69, 9.17) is 4.74 Å². The minimum atomic E-state index is -2.83. The predicted molar refractivity (Wildman–Crippen MR) is 73.1 cm³/mol. The molecule has 21 heavy (non-hydrogen) atoms. The van der Waals surface area contributed by atoms with Gasteiger partial charge in [0, 0.05) is 32.7 Å². The van der Waals surface area contributed by atoms with E-state index in [0.717, 1.165) is 18.4 Å². The Hall–Kier alpha value is -1.69. The van der Waals surface area contributed by atoms with Crippen molar-refractivity contribution < 1.29 is 23.0 Å². The van der Waals surface area contributed by atoms with Crippen LogP contribution in [-0.4, -0.2) is 37.7 Å². The lowest BCUT2D eigenvalue weighted by molar-refractivity contribution is -0.137. The van der Waals surface area contributed by atoms with Gasteiger partial charge in [0.2, 0.25) is 5.91 Å². The van der Waals surface area contributed by atoms with E-state index in [1.807, 2.05) is 0 Å². The molecule has 116 valence electrons. The van der Waals surface area contributed by atoms with Gasteiger partial charge < -0.3 is 14.4 Å². The van der Waals surface area contributed by atoms with E-state index in [9.17, 15) is 13.6 Å². The summed E-state index contributed by atoms with van der Waals surface area (Å²) in [5, 5.41) is 0. The van der Waals surface area contributed by atoms with Gasteiger partial charge in [-0.3, -0.25) is 4.79 Å². The average Bonchev–Trinajstić information content (AvgIpc) is 2.49. The monoisotopic (exact) mass is 299 g/mol. The fourth-order valence-corrected chi connectivity index (χ4v) is 2.38. The van der Waals surface area contributed by atoms with Crippen LogP contribution in [0.3, 0.4) is 0 Å². The summed E-state index contributed by atoms with van der Waals surface area (Å²) in [5.74, 6) is 0.239. The quantitative estimate of drug-likeness (QED) is 0.839.